The van der Waals surface area contributed by atoms with Gasteiger partial charge in [0.2, 0.25) is 11.2 Å². The molecule has 7 heteroatoms. The lowest BCUT2D eigenvalue weighted by molar-refractivity contribution is -0.149. The van der Waals surface area contributed by atoms with Gasteiger partial charge in [0, 0.05) is 16.9 Å². The molecule has 164 valence electrons. The average molecular weight is 452 g/mol. The Hall–Kier alpha value is -3.11. The molecule has 2 aromatic carbocycles. The molecule has 2 aliphatic rings. The molecule has 0 amide bonds. The number of hydrogen-bond donors (Lipinski definition) is 0. The fraction of sp³-hybridized carbons (Fsp3) is 0.320. The zero-order valence-corrected chi connectivity index (χ0v) is 18.5. The second kappa shape index (κ2) is 8.79. The van der Waals surface area contributed by atoms with Crippen molar-refractivity contribution in [1.29, 1.82) is 5.26 Å². The van der Waals surface area contributed by atoms with Crippen molar-refractivity contribution in [1.82, 2.24) is 0 Å². The first kappa shape index (κ1) is 22.1. The normalized spacial score (nSPS) is 23.4. The number of carbonyl (C=O) groups is 2. The van der Waals surface area contributed by atoms with E-state index in [0.717, 1.165) is 11.3 Å². The summed E-state index contributed by atoms with van der Waals surface area (Å²) >= 11 is 1.29. The third kappa shape index (κ3) is 4.42. The number of ether oxygens (including phenoxy) is 2. The van der Waals surface area contributed by atoms with Gasteiger partial charge in [-0.25, -0.2) is 4.39 Å². The Balaban J connectivity index is 1.49. The first-order valence-corrected chi connectivity index (χ1v) is 11.3. The van der Waals surface area contributed by atoms with Crippen molar-refractivity contribution in [3.8, 4) is 17.6 Å². The molecule has 4 rings (SSSR count). The molecule has 0 aromatic heterocycles. The lowest BCUT2D eigenvalue weighted by Gasteiger charge is -2.14. The van der Waals surface area contributed by atoms with Crippen LogP contribution in [0.3, 0.4) is 0 Å². The number of thioether (sulfide) groups is 1. The molecule has 32 heavy (non-hydrogen) atoms. The summed E-state index contributed by atoms with van der Waals surface area (Å²) in [5, 5.41) is 9.68. The Kier molecular flexibility index (Phi) is 6.07. The number of benzene rings is 2. The number of rotatable bonds is 6. The highest BCUT2D eigenvalue weighted by molar-refractivity contribution is 8.14. The first-order valence-electron chi connectivity index (χ1n) is 10.3. The van der Waals surface area contributed by atoms with Gasteiger partial charge in [0.1, 0.15) is 11.8 Å². The van der Waals surface area contributed by atoms with Crippen LogP contribution in [0.15, 0.2) is 60.2 Å². The molecule has 2 aromatic rings. The predicted molar refractivity (Wildman–Crippen MR) is 118 cm³/mol. The minimum atomic E-state index is -1.20. The van der Waals surface area contributed by atoms with Crippen LogP contribution in [0.4, 0.5) is 4.39 Å². The van der Waals surface area contributed by atoms with E-state index in [2.05, 4.69) is 0 Å². The monoisotopic (exact) mass is 451 g/mol. The largest absolute Gasteiger partial charge is 0.454 e. The van der Waals surface area contributed by atoms with Crippen molar-refractivity contribution in [3.63, 3.8) is 0 Å². The Morgan fingerprint density at radius 1 is 1.28 bits per heavy atom. The maximum Gasteiger partial charge on any atom is 0.311 e. The summed E-state index contributed by atoms with van der Waals surface area (Å²) in [4.78, 5) is 24.8. The second-order valence-electron chi connectivity index (χ2n) is 8.45. The number of allylic oxidation sites excluding steroid dienone is 1. The van der Waals surface area contributed by atoms with Crippen LogP contribution in [0.25, 0.3) is 0 Å². The Morgan fingerprint density at radius 3 is 2.69 bits per heavy atom. The van der Waals surface area contributed by atoms with Crippen molar-refractivity contribution in [2.75, 3.05) is 5.75 Å². The van der Waals surface area contributed by atoms with Crippen molar-refractivity contribution >= 4 is 22.8 Å². The van der Waals surface area contributed by atoms with Crippen molar-refractivity contribution < 1.29 is 23.5 Å². The summed E-state index contributed by atoms with van der Waals surface area (Å²) in [6.45, 7) is 3.89. The molecule has 1 aliphatic heterocycles. The lowest BCUT2D eigenvalue weighted by atomic mass is 10.1. The second-order valence-corrected chi connectivity index (χ2v) is 9.52. The standard InChI is InChI=1S/C25H22FNO4S/c1-25(2)18(12-16-10-11-32-24(16)29)22(25)23(28)31-21(14-27)15-8-9-19(26)20(13-15)30-17-6-4-3-5-7-17/h3-9,12-13,18,21-22H,10-11H2,1-2H3/t18-,21-,22+/m1/s1. The van der Waals surface area contributed by atoms with E-state index in [4.69, 9.17) is 9.47 Å². The molecule has 5 nitrogen and oxygen atoms in total. The quantitative estimate of drug-likeness (QED) is 0.421. The van der Waals surface area contributed by atoms with Crippen LogP contribution >= 0.6 is 11.8 Å². The molecule has 0 spiro atoms. The summed E-state index contributed by atoms with van der Waals surface area (Å²) < 4.78 is 25.3. The van der Waals surface area contributed by atoms with E-state index in [1.165, 1.54) is 30.0 Å². The summed E-state index contributed by atoms with van der Waals surface area (Å²) in [5.41, 5.74) is 0.715. The van der Waals surface area contributed by atoms with Gasteiger partial charge in [-0.3, -0.25) is 9.59 Å². The Labute approximate surface area is 190 Å². The summed E-state index contributed by atoms with van der Waals surface area (Å²) in [6, 6.07) is 14.6. The molecule has 1 aliphatic carbocycles. The van der Waals surface area contributed by atoms with Crippen LogP contribution in [0.1, 0.15) is 31.9 Å². The van der Waals surface area contributed by atoms with Gasteiger partial charge in [0.05, 0.1) is 5.92 Å². The molecule has 0 N–H and O–H groups in total. The Morgan fingerprint density at radius 2 is 2.03 bits per heavy atom. The van der Waals surface area contributed by atoms with Crippen molar-refractivity contribution in [3.05, 3.63) is 71.6 Å². The third-order valence-electron chi connectivity index (χ3n) is 5.99. The van der Waals surface area contributed by atoms with Gasteiger partial charge in [-0.15, -0.1) is 0 Å². The van der Waals surface area contributed by atoms with Gasteiger partial charge in [0.15, 0.2) is 11.6 Å². The first-order chi connectivity index (χ1) is 15.3. The molecule has 0 bridgehead atoms. The molecule has 1 heterocycles. The topological polar surface area (TPSA) is 76.4 Å². The molecular weight excluding hydrogens is 429 g/mol. The van der Waals surface area contributed by atoms with Gasteiger partial charge >= 0.3 is 5.97 Å². The molecule has 0 radical (unpaired) electrons. The number of para-hydroxylation sites is 1. The van der Waals surface area contributed by atoms with E-state index in [-0.39, 0.29) is 22.2 Å². The maximum atomic E-state index is 14.3. The van der Waals surface area contributed by atoms with E-state index in [9.17, 15) is 19.2 Å². The average Bonchev–Trinajstić information content (AvgIpc) is 3.08. The number of nitrogens with zero attached hydrogens (tertiary/aromatic N) is 1. The van der Waals surface area contributed by atoms with Crippen LogP contribution in [0.5, 0.6) is 11.5 Å². The van der Waals surface area contributed by atoms with Gasteiger partial charge in [0.25, 0.3) is 0 Å². The van der Waals surface area contributed by atoms with Crippen molar-refractivity contribution in [2.24, 2.45) is 17.3 Å². The van der Waals surface area contributed by atoms with Crippen LogP contribution < -0.4 is 4.74 Å². The van der Waals surface area contributed by atoms with Gasteiger partial charge in [-0.2, -0.15) is 5.26 Å². The Bertz CT molecular complexity index is 1120. The smallest absolute Gasteiger partial charge is 0.311 e. The third-order valence-corrected chi connectivity index (χ3v) is 6.93. The highest BCUT2D eigenvalue weighted by Crippen LogP contribution is 2.60. The zero-order valence-electron chi connectivity index (χ0n) is 17.7. The van der Waals surface area contributed by atoms with Gasteiger partial charge < -0.3 is 9.47 Å². The van der Waals surface area contributed by atoms with E-state index in [1.54, 1.807) is 24.3 Å². The minimum absolute atomic E-state index is 0.0587. The van der Waals surface area contributed by atoms with Gasteiger partial charge in [-0.1, -0.05) is 56.0 Å². The fourth-order valence-electron chi connectivity index (χ4n) is 3.99. The molecule has 2 fully saturated rings. The van der Waals surface area contributed by atoms with Gasteiger partial charge in [-0.05, 0) is 42.0 Å². The van der Waals surface area contributed by atoms with Crippen LogP contribution in [-0.4, -0.2) is 16.8 Å². The number of nitriles is 1. The van der Waals surface area contributed by atoms with E-state index < -0.39 is 23.8 Å². The predicted octanol–water partition coefficient (Wildman–Crippen LogP) is 5.59. The summed E-state index contributed by atoms with van der Waals surface area (Å²) in [7, 11) is 0. The SMILES string of the molecule is CC1(C)[C@H](C=C2CCSC2=O)[C@H]1C(=O)O[C@H](C#N)c1ccc(F)c(Oc2ccccc2)c1. The number of hydrogen-bond acceptors (Lipinski definition) is 6. The maximum absolute atomic E-state index is 14.3. The summed E-state index contributed by atoms with van der Waals surface area (Å²) in [6.07, 6.45) is 1.40. The lowest BCUT2D eigenvalue weighted by Crippen LogP contribution is -2.14. The highest BCUT2D eigenvalue weighted by Gasteiger charge is 2.62. The fourth-order valence-corrected chi connectivity index (χ4v) is 4.85. The molecule has 3 atom stereocenters. The molecular formula is C25H22FNO4S. The van der Waals surface area contributed by atoms with E-state index in [1.807, 2.05) is 32.1 Å². The zero-order chi connectivity index (χ0) is 22.9. The molecule has 1 saturated carbocycles. The van der Waals surface area contributed by atoms with Crippen LogP contribution in [-0.2, 0) is 14.3 Å². The van der Waals surface area contributed by atoms with Crippen molar-refractivity contribution in [2.45, 2.75) is 26.4 Å². The summed E-state index contributed by atoms with van der Waals surface area (Å²) in [5.74, 6) is -0.490. The van der Waals surface area contributed by atoms with E-state index in [0.29, 0.717) is 17.7 Å². The van der Waals surface area contributed by atoms with Crippen LogP contribution in [0.2, 0.25) is 0 Å². The number of halogens is 1. The molecule has 0 unspecified atom stereocenters. The number of carbonyl (C=O) groups excluding carboxylic acids is 2. The molecule has 1 saturated heterocycles. The van der Waals surface area contributed by atoms with E-state index >= 15 is 0 Å². The number of esters is 1. The van der Waals surface area contributed by atoms with Crippen LogP contribution in [0, 0.1) is 34.4 Å². The highest BCUT2D eigenvalue weighted by atomic mass is 32.2. The minimum Gasteiger partial charge on any atom is -0.454 e.